The molecule has 0 atom stereocenters. The highest BCUT2D eigenvalue weighted by Crippen LogP contribution is 2.51. The van der Waals surface area contributed by atoms with Crippen molar-refractivity contribution in [3.63, 3.8) is 0 Å². The van der Waals surface area contributed by atoms with Crippen LogP contribution in [0.5, 0.6) is 0 Å². The van der Waals surface area contributed by atoms with Gasteiger partial charge in [-0.1, -0.05) is 6.07 Å². The molecule has 1 amide bonds. The molecule has 2 saturated heterocycles. The Balaban J connectivity index is 1.74. The van der Waals surface area contributed by atoms with Gasteiger partial charge in [-0.3, -0.25) is 4.79 Å². The predicted octanol–water partition coefficient (Wildman–Crippen LogP) is 2.66. The van der Waals surface area contributed by atoms with E-state index in [2.05, 4.69) is 0 Å². The minimum Gasteiger partial charge on any atom is -0.479 e. The number of aliphatic carboxylic acids is 1. The second-order valence-electron chi connectivity index (χ2n) is 6.72. The quantitative estimate of drug-likeness (QED) is 0.940. The Morgan fingerprint density at radius 2 is 2.09 bits per heavy atom. The molecule has 3 aliphatic rings. The maximum Gasteiger partial charge on any atom is 0.329 e. The van der Waals surface area contributed by atoms with Crippen molar-refractivity contribution in [2.45, 2.75) is 18.4 Å². The molecule has 23 heavy (non-hydrogen) atoms. The second-order valence-corrected chi connectivity index (χ2v) is 7.80. The lowest BCUT2D eigenvalue weighted by molar-refractivity contribution is -0.151. The molecule has 5 rings (SSSR count). The maximum atomic E-state index is 12.9. The lowest BCUT2D eigenvalue weighted by atomic mass is 9.73. The highest BCUT2D eigenvalue weighted by Gasteiger charge is 2.63. The molecule has 2 bridgehead atoms. The highest BCUT2D eigenvalue weighted by molar-refractivity contribution is 7.20. The van der Waals surface area contributed by atoms with Crippen molar-refractivity contribution in [3.8, 4) is 0 Å². The summed E-state index contributed by atoms with van der Waals surface area (Å²) in [5.74, 6) is -0.658. The van der Waals surface area contributed by atoms with E-state index in [1.54, 1.807) is 4.90 Å². The third-order valence-electron chi connectivity index (χ3n) is 5.08. The zero-order valence-electron chi connectivity index (χ0n) is 13.1. The second kappa shape index (κ2) is 4.71. The van der Waals surface area contributed by atoms with Crippen molar-refractivity contribution in [1.82, 2.24) is 4.90 Å². The van der Waals surface area contributed by atoms with E-state index >= 15 is 0 Å². The molecule has 0 spiro atoms. The molecule has 0 radical (unpaired) electrons. The molecular formula is C17H18N2O3S. The summed E-state index contributed by atoms with van der Waals surface area (Å²) in [5, 5.41) is 10.6. The normalized spacial score (nSPS) is 25.5. The van der Waals surface area contributed by atoms with E-state index in [-0.39, 0.29) is 5.91 Å². The Morgan fingerprint density at radius 1 is 1.35 bits per heavy atom. The number of carboxylic acids is 1. The first-order valence-electron chi connectivity index (χ1n) is 7.67. The van der Waals surface area contributed by atoms with Crippen LogP contribution in [0.3, 0.4) is 0 Å². The highest BCUT2D eigenvalue weighted by atomic mass is 32.1. The average molecular weight is 330 g/mol. The van der Waals surface area contributed by atoms with Crippen LogP contribution in [0.2, 0.25) is 0 Å². The molecule has 1 saturated carbocycles. The van der Waals surface area contributed by atoms with Gasteiger partial charge in [0.05, 0.1) is 4.88 Å². The molecule has 3 fully saturated rings. The topological polar surface area (TPSA) is 60.9 Å². The number of anilines is 1. The standard InChI is InChI=1S/C17H18N2O3S/c1-18(2)12-4-3-5-13-11(12)6-14(23-13)15(20)19-9-10-7-17(19,8-10)16(21)22/h3-6,10H,7-9H2,1-2H3,(H,21,22). The van der Waals surface area contributed by atoms with Gasteiger partial charge >= 0.3 is 5.97 Å². The van der Waals surface area contributed by atoms with Crippen LogP contribution in [0.25, 0.3) is 10.1 Å². The van der Waals surface area contributed by atoms with Crippen LogP contribution in [0.4, 0.5) is 5.69 Å². The van der Waals surface area contributed by atoms with E-state index in [1.807, 2.05) is 43.3 Å². The van der Waals surface area contributed by atoms with Gasteiger partial charge in [0.25, 0.3) is 5.91 Å². The largest absolute Gasteiger partial charge is 0.479 e. The lowest BCUT2D eigenvalue weighted by Crippen LogP contribution is -2.54. The number of hydrogen-bond donors (Lipinski definition) is 1. The Kier molecular flexibility index (Phi) is 2.97. The van der Waals surface area contributed by atoms with E-state index in [4.69, 9.17) is 0 Å². The zero-order valence-corrected chi connectivity index (χ0v) is 13.9. The number of thiophene rings is 1. The lowest BCUT2D eigenvalue weighted by Gasteiger charge is -2.37. The zero-order chi connectivity index (χ0) is 16.4. The van der Waals surface area contributed by atoms with Crippen molar-refractivity contribution in [3.05, 3.63) is 29.1 Å². The van der Waals surface area contributed by atoms with Gasteiger partial charge in [0.15, 0.2) is 0 Å². The Bertz CT molecular complexity index is 820. The summed E-state index contributed by atoms with van der Waals surface area (Å²) in [6.45, 7) is 0.569. The minimum atomic E-state index is -0.956. The number of hydrogen-bond acceptors (Lipinski definition) is 4. The molecule has 1 aromatic carbocycles. The summed E-state index contributed by atoms with van der Waals surface area (Å²) >= 11 is 1.44. The van der Waals surface area contributed by atoms with Crippen molar-refractivity contribution >= 4 is 39.0 Å². The van der Waals surface area contributed by atoms with Gasteiger partial charge in [0.1, 0.15) is 5.54 Å². The van der Waals surface area contributed by atoms with Crippen molar-refractivity contribution < 1.29 is 14.7 Å². The average Bonchev–Trinajstić information content (AvgIpc) is 3.15. The summed E-state index contributed by atoms with van der Waals surface area (Å²) in [7, 11) is 3.95. The predicted molar refractivity (Wildman–Crippen MR) is 90.3 cm³/mol. The first-order chi connectivity index (χ1) is 10.9. The van der Waals surface area contributed by atoms with Gasteiger partial charge in [-0.05, 0) is 37.0 Å². The van der Waals surface area contributed by atoms with E-state index in [9.17, 15) is 14.7 Å². The third kappa shape index (κ3) is 1.91. The fraction of sp³-hybridized carbons (Fsp3) is 0.412. The summed E-state index contributed by atoms with van der Waals surface area (Å²) in [5.41, 5.74) is 0.110. The molecule has 3 heterocycles. The van der Waals surface area contributed by atoms with Crippen LogP contribution in [-0.4, -0.2) is 48.1 Å². The summed E-state index contributed by atoms with van der Waals surface area (Å²) in [4.78, 5) is 28.8. The van der Waals surface area contributed by atoms with Gasteiger partial charge in [0, 0.05) is 36.4 Å². The number of fused-ring (bicyclic) bond motifs is 2. The van der Waals surface area contributed by atoms with Gasteiger partial charge in [-0.2, -0.15) is 0 Å². The Morgan fingerprint density at radius 3 is 2.74 bits per heavy atom. The summed E-state index contributed by atoms with van der Waals surface area (Å²) in [6.07, 6.45) is 1.20. The molecule has 6 heteroatoms. The number of carbonyl (C=O) groups excluding carboxylic acids is 1. The van der Waals surface area contributed by atoms with Crippen LogP contribution in [0.1, 0.15) is 22.5 Å². The van der Waals surface area contributed by atoms with Gasteiger partial charge in [0.2, 0.25) is 0 Å². The molecule has 120 valence electrons. The molecular weight excluding hydrogens is 312 g/mol. The van der Waals surface area contributed by atoms with Crippen LogP contribution in [0, 0.1) is 5.92 Å². The molecule has 5 nitrogen and oxygen atoms in total. The van der Waals surface area contributed by atoms with Crippen LogP contribution < -0.4 is 4.90 Å². The number of carbonyl (C=O) groups is 2. The Labute approximate surface area is 138 Å². The maximum absolute atomic E-state index is 12.9. The summed E-state index contributed by atoms with van der Waals surface area (Å²) < 4.78 is 1.05. The molecule has 2 aliphatic heterocycles. The first-order valence-corrected chi connectivity index (χ1v) is 8.49. The van der Waals surface area contributed by atoms with Gasteiger partial charge in [-0.15, -0.1) is 11.3 Å². The third-order valence-corrected chi connectivity index (χ3v) is 6.17. The van der Waals surface area contributed by atoms with Crippen LogP contribution in [-0.2, 0) is 4.79 Å². The molecule has 0 unspecified atom stereocenters. The minimum absolute atomic E-state index is 0.140. The van der Waals surface area contributed by atoms with E-state index < -0.39 is 11.5 Å². The number of rotatable bonds is 3. The van der Waals surface area contributed by atoms with Crippen LogP contribution >= 0.6 is 11.3 Å². The number of benzene rings is 1. The molecule has 1 aromatic heterocycles. The molecule has 2 aromatic rings. The fourth-order valence-electron chi connectivity index (χ4n) is 3.92. The van der Waals surface area contributed by atoms with E-state index in [0.717, 1.165) is 15.8 Å². The number of carboxylic acid groups (broad SMARTS) is 1. The van der Waals surface area contributed by atoms with Gasteiger partial charge < -0.3 is 14.9 Å². The van der Waals surface area contributed by atoms with Crippen molar-refractivity contribution in [1.29, 1.82) is 0 Å². The summed E-state index contributed by atoms with van der Waals surface area (Å²) in [6, 6.07) is 7.91. The molecule has 1 aliphatic carbocycles. The fourth-order valence-corrected chi connectivity index (χ4v) is 4.95. The smallest absolute Gasteiger partial charge is 0.329 e. The van der Waals surface area contributed by atoms with Crippen LogP contribution in [0.15, 0.2) is 24.3 Å². The molecule has 1 N–H and O–H groups in total. The van der Waals surface area contributed by atoms with Gasteiger partial charge in [-0.25, -0.2) is 4.79 Å². The van der Waals surface area contributed by atoms with Crippen molar-refractivity contribution in [2.75, 3.05) is 25.5 Å². The number of amides is 1. The van der Waals surface area contributed by atoms with E-state index in [1.165, 1.54) is 11.3 Å². The van der Waals surface area contributed by atoms with E-state index in [0.29, 0.717) is 30.2 Å². The SMILES string of the molecule is CN(C)c1cccc2sc(C(=O)N3CC4CC3(C(=O)O)C4)cc12. The van der Waals surface area contributed by atoms with Crippen molar-refractivity contribution in [2.24, 2.45) is 5.92 Å². The Hall–Kier alpha value is -2.08. The first kappa shape index (κ1) is 14.5. The monoisotopic (exact) mass is 330 g/mol. The number of nitrogens with zero attached hydrogens (tertiary/aromatic N) is 2.